The van der Waals surface area contributed by atoms with E-state index in [9.17, 15) is 52.7 Å². The summed E-state index contributed by atoms with van der Waals surface area (Å²) >= 11 is 0. The van der Waals surface area contributed by atoms with Crippen LogP contribution in [0.3, 0.4) is 0 Å². The standard InChI is InChI=1S/2C11H5F6N2.Pt/c2*12-10(13,14)6-5-8(11(15,16)17)19-9(6)7-3-1-2-4-18-7;/h2*1-5H;/q2*-1;+2. The molecule has 4 aromatic rings. The molecule has 0 amide bonds. The molecule has 0 saturated heterocycles. The second kappa shape index (κ2) is 11.4. The van der Waals surface area contributed by atoms with Crippen molar-refractivity contribution in [3.63, 3.8) is 0 Å². The molecule has 39 heavy (non-hydrogen) atoms. The van der Waals surface area contributed by atoms with Gasteiger partial charge in [-0.05, 0) is 24.3 Å². The number of alkyl halides is 12. The van der Waals surface area contributed by atoms with E-state index in [1.807, 2.05) is 0 Å². The Morgan fingerprint density at radius 1 is 0.487 bits per heavy atom. The quantitative estimate of drug-likeness (QED) is 0.200. The van der Waals surface area contributed by atoms with Gasteiger partial charge in [0.25, 0.3) is 0 Å². The molecule has 0 aliphatic heterocycles. The maximum absolute atomic E-state index is 12.7. The van der Waals surface area contributed by atoms with Crippen molar-refractivity contribution in [1.82, 2.24) is 19.9 Å². The molecule has 0 atom stereocenters. The third-order valence-corrected chi connectivity index (χ3v) is 4.54. The number of hydrogen-bond acceptors (Lipinski definition) is 2. The molecule has 0 fully saturated rings. The average Bonchev–Trinajstić information content (AvgIpc) is 3.46. The van der Waals surface area contributed by atoms with Crippen molar-refractivity contribution in [2.75, 3.05) is 0 Å². The summed E-state index contributed by atoms with van der Waals surface area (Å²) in [5.41, 5.74) is -8.21. The number of nitrogens with zero attached hydrogens (tertiary/aromatic N) is 4. The number of hydrogen-bond donors (Lipinski definition) is 0. The van der Waals surface area contributed by atoms with Gasteiger partial charge in [-0.15, -0.1) is 0 Å². The van der Waals surface area contributed by atoms with Gasteiger partial charge in [-0.3, -0.25) is 9.97 Å². The second-order valence-electron chi connectivity index (χ2n) is 7.23. The number of aromatic nitrogens is 4. The first kappa shape index (κ1) is 31.9. The van der Waals surface area contributed by atoms with Gasteiger partial charge in [0.2, 0.25) is 0 Å². The molecule has 0 N–H and O–H groups in total. The van der Waals surface area contributed by atoms with Crippen molar-refractivity contribution in [2.45, 2.75) is 24.7 Å². The van der Waals surface area contributed by atoms with Gasteiger partial charge in [0.05, 0.1) is 0 Å². The van der Waals surface area contributed by atoms with Gasteiger partial charge in [-0.25, -0.2) is 0 Å². The van der Waals surface area contributed by atoms with Crippen molar-refractivity contribution < 1.29 is 73.8 Å². The van der Waals surface area contributed by atoms with Crippen LogP contribution >= 0.6 is 0 Å². The van der Waals surface area contributed by atoms with Crippen LogP contribution in [0, 0.1) is 0 Å². The molecule has 17 heteroatoms. The Hall–Kier alpha value is -3.29. The van der Waals surface area contributed by atoms with E-state index >= 15 is 0 Å². The molecule has 212 valence electrons. The fourth-order valence-electron chi connectivity index (χ4n) is 2.95. The van der Waals surface area contributed by atoms with Crippen LogP contribution in [0.15, 0.2) is 60.9 Å². The van der Waals surface area contributed by atoms with Crippen molar-refractivity contribution in [3.05, 3.63) is 83.4 Å². The van der Waals surface area contributed by atoms with Crippen LogP contribution < -0.4 is 9.97 Å². The Balaban J connectivity index is 0.000000267. The minimum absolute atomic E-state index is 0. The van der Waals surface area contributed by atoms with E-state index in [1.54, 1.807) is 0 Å². The number of pyridine rings is 2. The van der Waals surface area contributed by atoms with Gasteiger partial charge in [0.1, 0.15) is 0 Å². The predicted octanol–water partition coefficient (Wildman–Crippen LogP) is 7.48. The summed E-state index contributed by atoms with van der Waals surface area (Å²) in [7, 11) is 0. The largest absolute Gasteiger partial charge is 2.00 e. The molecule has 0 aliphatic rings. The third-order valence-electron chi connectivity index (χ3n) is 4.54. The Morgan fingerprint density at radius 3 is 1.05 bits per heavy atom. The van der Waals surface area contributed by atoms with E-state index in [1.165, 1.54) is 36.7 Å². The Kier molecular flexibility index (Phi) is 9.37. The molecule has 0 radical (unpaired) electrons. The van der Waals surface area contributed by atoms with Crippen LogP contribution in [0.25, 0.3) is 22.8 Å². The smallest absolute Gasteiger partial charge is 0.652 e. The Labute approximate surface area is 224 Å². The molecule has 0 spiro atoms. The van der Waals surface area contributed by atoms with Gasteiger partial charge in [-0.1, -0.05) is 47.0 Å². The molecule has 4 aromatic heterocycles. The summed E-state index contributed by atoms with van der Waals surface area (Å²) in [6.45, 7) is 0. The van der Waals surface area contributed by atoms with E-state index in [-0.39, 0.29) is 44.6 Å². The zero-order valence-corrected chi connectivity index (χ0v) is 20.7. The predicted molar refractivity (Wildman–Crippen MR) is 106 cm³/mol. The van der Waals surface area contributed by atoms with Crippen LogP contribution in [0.5, 0.6) is 0 Å². The van der Waals surface area contributed by atoms with Gasteiger partial charge in [0.15, 0.2) is 0 Å². The molecule has 0 aliphatic carbocycles. The minimum atomic E-state index is -4.94. The van der Waals surface area contributed by atoms with E-state index in [4.69, 9.17) is 0 Å². The van der Waals surface area contributed by atoms with E-state index in [0.717, 1.165) is 12.1 Å². The number of halogens is 12. The molecular weight excluding hydrogens is 743 g/mol. The monoisotopic (exact) mass is 753 g/mol. The third kappa shape index (κ3) is 7.87. The zero-order chi connectivity index (χ0) is 28.5. The number of rotatable bonds is 2. The van der Waals surface area contributed by atoms with Crippen molar-refractivity contribution in [3.8, 4) is 22.8 Å². The van der Waals surface area contributed by atoms with Gasteiger partial charge in [0, 0.05) is 34.9 Å². The first-order valence-corrected chi connectivity index (χ1v) is 9.86. The summed E-state index contributed by atoms with van der Waals surface area (Å²) in [6.07, 6.45) is -17.4. The molecule has 0 bridgehead atoms. The van der Waals surface area contributed by atoms with Gasteiger partial charge in [-0.2, -0.15) is 52.7 Å². The van der Waals surface area contributed by atoms with Crippen LogP contribution in [-0.2, 0) is 45.8 Å². The summed E-state index contributed by atoms with van der Waals surface area (Å²) in [4.78, 5) is 13.2. The summed E-state index contributed by atoms with van der Waals surface area (Å²) < 4.78 is 151. The molecular formula is C22H10F12N4Pt. The average molecular weight is 753 g/mol. The second-order valence-corrected chi connectivity index (χ2v) is 7.23. The summed E-state index contributed by atoms with van der Waals surface area (Å²) in [5, 5.41) is 0. The molecule has 0 unspecified atom stereocenters. The first-order valence-electron chi connectivity index (χ1n) is 9.86. The molecule has 4 heterocycles. The SMILES string of the molecule is FC(F)(F)c1cc(C(F)(F)F)c(-c2ccccn2)[n-]1.FC(F)(F)c1cc(C(F)(F)F)c(-c2ccccn2)[n-]1.[Pt+2]. The summed E-state index contributed by atoms with van der Waals surface area (Å²) in [6, 6.07) is 7.91. The molecule has 4 rings (SSSR count). The van der Waals surface area contributed by atoms with Gasteiger partial charge < -0.3 is 9.97 Å². The van der Waals surface area contributed by atoms with E-state index in [0.29, 0.717) is 0 Å². The maximum atomic E-state index is 12.7. The molecule has 0 saturated carbocycles. The van der Waals surface area contributed by atoms with Gasteiger partial charge >= 0.3 is 45.8 Å². The zero-order valence-electron chi connectivity index (χ0n) is 18.4. The molecule has 4 nitrogen and oxygen atoms in total. The fraction of sp³-hybridized carbons (Fsp3) is 0.182. The van der Waals surface area contributed by atoms with Crippen LogP contribution in [0.1, 0.15) is 22.5 Å². The topological polar surface area (TPSA) is 54.0 Å². The van der Waals surface area contributed by atoms with Crippen molar-refractivity contribution >= 4 is 0 Å². The first-order chi connectivity index (χ1) is 17.4. The maximum Gasteiger partial charge on any atom is 2.00 e. The Morgan fingerprint density at radius 2 is 0.821 bits per heavy atom. The van der Waals surface area contributed by atoms with Crippen LogP contribution in [-0.4, -0.2) is 9.97 Å². The fourth-order valence-corrected chi connectivity index (χ4v) is 2.95. The Bertz CT molecular complexity index is 1250. The van der Waals surface area contributed by atoms with Crippen LogP contribution in [0.4, 0.5) is 52.7 Å². The minimum Gasteiger partial charge on any atom is -0.652 e. The van der Waals surface area contributed by atoms with Crippen LogP contribution in [0.2, 0.25) is 0 Å². The summed E-state index contributed by atoms with van der Waals surface area (Å²) in [5.74, 6) is 0. The molecule has 0 aromatic carbocycles. The normalized spacial score (nSPS) is 12.4. The van der Waals surface area contributed by atoms with E-state index in [2.05, 4.69) is 19.9 Å². The van der Waals surface area contributed by atoms with Crippen molar-refractivity contribution in [1.29, 1.82) is 0 Å². The van der Waals surface area contributed by atoms with E-state index < -0.39 is 58.6 Å². The van der Waals surface area contributed by atoms with Crippen molar-refractivity contribution in [2.24, 2.45) is 0 Å².